The smallest absolute Gasteiger partial charge is 0.269 e. The van der Waals surface area contributed by atoms with Crippen molar-refractivity contribution in [2.24, 2.45) is 0 Å². The highest BCUT2D eigenvalue weighted by Gasteiger charge is 2.28. The van der Waals surface area contributed by atoms with Gasteiger partial charge in [-0.15, -0.1) is 0 Å². The Bertz CT molecular complexity index is 958. The number of ether oxygens (including phenoxy) is 3. The first-order valence-electron chi connectivity index (χ1n) is 8.13. The third-order valence-corrected chi connectivity index (χ3v) is 5.83. The van der Waals surface area contributed by atoms with Crippen LogP contribution in [0.4, 0.5) is 5.69 Å². The van der Waals surface area contributed by atoms with Gasteiger partial charge < -0.3 is 19.5 Å². The lowest BCUT2D eigenvalue weighted by Gasteiger charge is -2.25. The molecule has 1 N–H and O–H groups in total. The number of fused-ring (bicyclic) bond motifs is 1. The molecule has 9 heteroatoms. The molecule has 2 aromatic carbocycles. The maximum Gasteiger partial charge on any atom is 0.269 e. The minimum atomic E-state index is -3.74. The van der Waals surface area contributed by atoms with E-state index in [0.29, 0.717) is 17.2 Å². The number of sulfonamides is 1. The van der Waals surface area contributed by atoms with Gasteiger partial charge in [0.25, 0.3) is 5.91 Å². The summed E-state index contributed by atoms with van der Waals surface area (Å²) in [5.41, 5.74) is 0.309. The molecule has 1 aliphatic rings. The Morgan fingerprint density at radius 2 is 1.89 bits per heavy atom. The number of amides is 1. The molecule has 2 aromatic rings. The van der Waals surface area contributed by atoms with Crippen LogP contribution in [0.2, 0.25) is 0 Å². The number of hydrogen-bond acceptors (Lipinski definition) is 6. The van der Waals surface area contributed by atoms with E-state index >= 15 is 0 Å². The van der Waals surface area contributed by atoms with Gasteiger partial charge in [-0.1, -0.05) is 12.1 Å². The zero-order valence-corrected chi connectivity index (χ0v) is 15.9. The minimum absolute atomic E-state index is 0.0426. The summed E-state index contributed by atoms with van der Waals surface area (Å²) in [7, 11) is 0.483. The highest BCUT2D eigenvalue weighted by molar-refractivity contribution is 7.89. The predicted molar refractivity (Wildman–Crippen MR) is 98.8 cm³/mol. The Morgan fingerprint density at radius 1 is 1.19 bits per heavy atom. The summed E-state index contributed by atoms with van der Waals surface area (Å²) in [6.45, 7) is 0.0574. The number of para-hydroxylation sites is 2. The van der Waals surface area contributed by atoms with Crippen molar-refractivity contribution in [2.45, 2.75) is 11.0 Å². The molecule has 0 fully saturated rings. The van der Waals surface area contributed by atoms with E-state index in [2.05, 4.69) is 5.32 Å². The summed E-state index contributed by atoms with van der Waals surface area (Å²) in [5.74, 6) is 0.801. The summed E-state index contributed by atoms with van der Waals surface area (Å²) in [6.07, 6.45) is -0.851. The molecule has 0 unspecified atom stereocenters. The molecular weight excluding hydrogens is 372 g/mol. The Kier molecular flexibility index (Phi) is 5.24. The lowest BCUT2D eigenvalue weighted by Crippen LogP contribution is -2.40. The van der Waals surface area contributed by atoms with Crippen LogP contribution in [0.3, 0.4) is 0 Å². The summed E-state index contributed by atoms with van der Waals surface area (Å²) in [6, 6.07) is 11.5. The Hall–Kier alpha value is -2.78. The Labute approximate surface area is 157 Å². The first-order chi connectivity index (χ1) is 12.8. The van der Waals surface area contributed by atoms with Gasteiger partial charge in [-0.25, -0.2) is 12.7 Å². The van der Waals surface area contributed by atoms with E-state index in [1.165, 1.54) is 33.3 Å². The Balaban J connectivity index is 1.81. The standard InChI is InChI=1S/C18H20N2O6S/c1-20(2)27(22,23)17-10-12(8-9-15(17)24-3)19-18(21)16-11-25-13-6-4-5-7-14(13)26-16/h4-10,16H,11H2,1-3H3,(H,19,21)/t16-/m0/s1. The monoisotopic (exact) mass is 392 g/mol. The second-order valence-electron chi connectivity index (χ2n) is 6.01. The van der Waals surface area contributed by atoms with Crippen LogP contribution < -0.4 is 19.5 Å². The third-order valence-electron chi connectivity index (χ3n) is 3.99. The molecule has 8 nitrogen and oxygen atoms in total. The molecule has 27 heavy (non-hydrogen) atoms. The molecule has 0 saturated carbocycles. The number of methoxy groups -OCH3 is 1. The lowest BCUT2D eigenvalue weighted by atomic mass is 10.2. The number of nitrogens with one attached hydrogen (secondary N) is 1. The molecule has 0 spiro atoms. The van der Waals surface area contributed by atoms with Crippen molar-refractivity contribution in [3.05, 3.63) is 42.5 Å². The van der Waals surface area contributed by atoms with Gasteiger partial charge in [-0.2, -0.15) is 0 Å². The van der Waals surface area contributed by atoms with Crippen LogP contribution in [0, 0.1) is 0 Å². The molecular formula is C18H20N2O6S. The van der Waals surface area contributed by atoms with Gasteiger partial charge in [-0.3, -0.25) is 4.79 Å². The van der Waals surface area contributed by atoms with Gasteiger partial charge in [-0.05, 0) is 30.3 Å². The molecule has 0 saturated heterocycles. The summed E-state index contributed by atoms with van der Waals surface area (Å²) in [4.78, 5) is 12.5. The summed E-state index contributed by atoms with van der Waals surface area (Å²) in [5, 5.41) is 2.66. The molecule has 1 atom stereocenters. The maximum absolute atomic E-state index is 12.5. The number of nitrogens with zero attached hydrogens (tertiary/aromatic N) is 1. The quantitative estimate of drug-likeness (QED) is 0.833. The van der Waals surface area contributed by atoms with Crippen LogP contribution in [0.15, 0.2) is 47.4 Å². The Morgan fingerprint density at radius 3 is 2.56 bits per heavy atom. The second-order valence-corrected chi connectivity index (χ2v) is 8.13. The van der Waals surface area contributed by atoms with Crippen molar-refractivity contribution in [3.63, 3.8) is 0 Å². The summed E-state index contributed by atoms with van der Waals surface area (Å²) >= 11 is 0. The average molecular weight is 392 g/mol. The largest absolute Gasteiger partial charge is 0.495 e. The number of benzene rings is 2. The van der Waals surface area contributed by atoms with Crippen LogP contribution in [-0.2, 0) is 14.8 Å². The summed E-state index contributed by atoms with van der Waals surface area (Å²) < 4.78 is 42.4. The van der Waals surface area contributed by atoms with Crippen LogP contribution in [0.25, 0.3) is 0 Å². The van der Waals surface area contributed by atoms with Crippen LogP contribution in [0.5, 0.6) is 17.2 Å². The van der Waals surface area contributed by atoms with Crippen molar-refractivity contribution in [2.75, 3.05) is 33.1 Å². The van der Waals surface area contributed by atoms with Crippen molar-refractivity contribution in [3.8, 4) is 17.2 Å². The predicted octanol–water partition coefficient (Wildman–Crippen LogP) is 1.72. The first-order valence-corrected chi connectivity index (χ1v) is 9.57. The van der Waals surface area contributed by atoms with Crippen molar-refractivity contribution in [1.29, 1.82) is 0 Å². The molecule has 0 aromatic heterocycles. The molecule has 1 amide bonds. The number of carbonyl (C=O) groups excluding carboxylic acids is 1. The number of carbonyl (C=O) groups is 1. The zero-order valence-electron chi connectivity index (χ0n) is 15.1. The topological polar surface area (TPSA) is 94.2 Å². The molecule has 3 rings (SSSR count). The number of hydrogen-bond donors (Lipinski definition) is 1. The van der Waals surface area contributed by atoms with Gasteiger partial charge in [0.05, 0.1) is 7.11 Å². The van der Waals surface area contributed by atoms with E-state index in [9.17, 15) is 13.2 Å². The highest BCUT2D eigenvalue weighted by atomic mass is 32.2. The fourth-order valence-corrected chi connectivity index (χ4v) is 3.60. The first kappa shape index (κ1) is 19.0. The number of anilines is 1. The SMILES string of the molecule is COc1ccc(NC(=O)[C@@H]2COc3ccccc3O2)cc1S(=O)(=O)N(C)C. The maximum atomic E-state index is 12.5. The van der Waals surface area contributed by atoms with Crippen molar-refractivity contribution in [1.82, 2.24) is 4.31 Å². The molecule has 144 valence electrons. The van der Waals surface area contributed by atoms with Gasteiger partial charge in [0.2, 0.25) is 16.1 Å². The van der Waals surface area contributed by atoms with E-state index in [0.717, 1.165) is 4.31 Å². The minimum Gasteiger partial charge on any atom is -0.495 e. The van der Waals surface area contributed by atoms with E-state index in [4.69, 9.17) is 14.2 Å². The van der Waals surface area contributed by atoms with Gasteiger partial charge in [0.1, 0.15) is 17.3 Å². The number of rotatable bonds is 5. The fraction of sp³-hybridized carbons (Fsp3) is 0.278. The molecule has 0 bridgehead atoms. The van der Waals surface area contributed by atoms with Gasteiger partial charge in [0.15, 0.2) is 11.5 Å². The normalized spacial score (nSPS) is 16.1. The van der Waals surface area contributed by atoms with Crippen LogP contribution in [0.1, 0.15) is 0 Å². The average Bonchev–Trinajstić information content (AvgIpc) is 2.67. The third kappa shape index (κ3) is 3.83. The highest BCUT2D eigenvalue weighted by Crippen LogP contribution is 2.32. The molecule has 0 radical (unpaired) electrons. The van der Waals surface area contributed by atoms with E-state index < -0.39 is 22.0 Å². The fourth-order valence-electron chi connectivity index (χ4n) is 2.52. The van der Waals surface area contributed by atoms with Crippen LogP contribution in [-0.4, -0.2) is 52.5 Å². The van der Waals surface area contributed by atoms with Crippen molar-refractivity contribution < 1.29 is 27.4 Å². The van der Waals surface area contributed by atoms with Crippen molar-refractivity contribution >= 4 is 21.6 Å². The lowest BCUT2D eigenvalue weighted by molar-refractivity contribution is -0.125. The van der Waals surface area contributed by atoms with E-state index in [1.54, 1.807) is 24.3 Å². The molecule has 1 aliphatic heterocycles. The zero-order chi connectivity index (χ0) is 19.6. The molecule has 0 aliphatic carbocycles. The second kappa shape index (κ2) is 7.45. The van der Waals surface area contributed by atoms with Gasteiger partial charge in [0, 0.05) is 19.8 Å². The molecule has 1 heterocycles. The van der Waals surface area contributed by atoms with Crippen LogP contribution >= 0.6 is 0 Å². The van der Waals surface area contributed by atoms with E-state index in [1.807, 2.05) is 6.07 Å². The van der Waals surface area contributed by atoms with Gasteiger partial charge >= 0.3 is 0 Å². The van der Waals surface area contributed by atoms with E-state index in [-0.39, 0.29) is 17.3 Å².